The van der Waals surface area contributed by atoms with Gasteiger partial charge in [0.15, 0.2) is 0 Å². The summed E-state index contributed by atoms with van der Waals surface area (Å²) >= 11 is 0. The van der Waals surface area contributed by atoms with Crippen molar-refractivity contribution in [2.75, 3.05) is 5.75 Å². The van der Waals surface area contributed by atoms with Crippen molar-refractivity contribution in [2.24, 2.45) is 28.6 Å². The van der Waals surface area contributed by atoms with Gasteiger partial charge in [-0.2, -0.15) is 0 Å². The molecular weight excluding hydrogens is 274 g/mol. The third-order valence-corrected chi connectivity index (χ3v) is 8.97. The summed E-state index contributed by atoms with van der Waals surface area (Å²) in [7, 11) is -3.41. The van der Waals surface area contributed by atoms with Gasteiger partial charge in [-0.3, -0.25) is 4.79 Å². The van der Waals surface area contributed by atoms with Crippen LogP contribution < -0.4 is 0 Å². The smallest absolute Gasteiger partial charge is 0.239 e. The average Bonchev–Trinajstić information content (AvgIpc) is 2.88. The van der Waals surface area contributed by atoms with Crippen LogP contribution in [0.15, 0.2) is 0 Å². The fourth-order valence-electron chi connectivity index (χ4n) is 5.41. The number of carbonyl (C=O) groups excluding carboxylic acids is 1. The van der Waals surface area contributed by atoms with E-state index in [2.05, 4.69) is 13.8 Å². The number of nitrogens with zero attached hydrogens (tertiary/aromatic N) is 1. The Labute approximate surface area is 121 Å². The van der Waals surface area contributed by atoms with Crippen molar-refractivity contribution in [1.82, 2.24) is 4.31 Å². The van der Waals surface area contributed by atoms with Gasteiger partial charge in [0.05, 0.1) is 11.8 Å². The molecule has 0 N–H and O–H groups in total. The van der Waals surface area contributed by atoms with Crippen LogP contribution >= 0.6 is 0 Å². The molecule has 0 aromatic carbocycles. The maximum absolute atomic E-state index is 12.6. The number of amides is 1. The molecule has 1 spiro atoms. The lowest BCUT2D eigenvalue weighted by Gasteiger charge is -2.37. The van der Waals surface area contributed by atoms with Gasteiger partial charge in [0, 0.05) is 11.3 Å². The third kappa shape index (κ3) is 1.29. The lowest BCUT2D eigenvalue weighted by Crippen LogP contribution is -2.44. The number of fused-ring (bicyclic) bond motifs is 1. The molecule has 3 saturated carbocycles. The highest BCUT2D eigenvalue weighted by atomic mass is 32.2. The molecule has 4 fully saturated rings. The minimum atomic E-state index is -3.41. The Hall–Kier alpha value is -0.580. The van der Waals surface area contributed by atoms with Gasteiger partial charge in [0.1, 0.15) is 0 Å². The van der Waals surface area contributed by atoms with Crippen molar-refractivity contribution in [3.8, 4) is 0 Å². The van der Waals surface area contributed by atoms with Gasteiger partial charge in [-0.1, -0.05) is 20.8 Å². The zero-order chi connectivity index (χ0) is 14.5. The zero-order valence-electron chi connectivity index (χ0n) is 12.4. The van der Waals surface area contributed by atoms with Gasteiger partial charge < -0.3 is 0 Å². The second kappa shape index (κ2) is 3.42. The van der Waals surface area contributed by atoms with E-state index in [1.807, 2.05) is 6.92 Å². The molecule has 4 nitrogen and oxygen atoms in total. The van der Waals surface area contributed by atoms with Gasteiger partial charge in [-0.05, 0) is 42.9 Å². The highest BCUT2D eigenvalue weighted by Crippen LogP contribution is 2.70. The topological polar surface area (TPSA) is 54.5 Å². The molecule has 5 atom stereocenters. The van der Waals surface area contributed by atoms with Crippen LogP contribution in [0.25, 0.3) is 0 Å². The molecule has 1 aliphatic heterocycles. The first-order valence-electron chi connectivity index (χ1n) is 7.77. The summed E-state index contributed by atoms with van der Waals surface area (Å²) in [5.41, 5.74) is -0.126. The molecule has 20 heavy (non-hydrogen) atoms. The number of sulfonamides is 1. The highest BCUT2D eigenvalue weighted by Gasteiger charge is 2.72. The van der Waals surface area contributed by atoms with Crippen molar-refractivity contribution in [2.45, 2.75) is 52.5 Å². The summed E-state index contributed by atoms with van der Waals surface area (Å²) in [4.78, 5) is 12.6. The SMILES string of the molecule is C[C@@H]1C[C@@H]1C(=O)N1[C@@H]2C[C@H]3CC[C@]2(CS1(=O)=O)C3(C)C. The Kier molecular flexibility index (Phi) is 2.24. The minimum Gasteiger partial charge on any atom is -0.273 e. The first-order chi connectivity index (χ1) is 9.21. The fraction of sp³-hybridized carbons (Fsp3) is 0.933. The van der Waals surface area contributed by atoms with E-state index in [9.17, 15) is 13.2 Å². The van der Waals surface area contributed by atoms with Crippen LogP contribution in [0.3, 0.4) is 0 Å². The summed E-state index contributed by atoms with van der Waals surface area (Å²) in [5, 5.41) is 0. The van der Waals surface area contributed by atoms with Gasteiger partial charge in [0.2, 0.25) is 15.9 Å². The normalized spacial score (nSPS) is 50.2. The second-order valence-electron chi connectivity index (χ2n) is 8.07. The molecule has 0 aromatic rings. The summed E-state index contributed by atoms with van der Waals surface area (Å²) in [6, 6.07) is -0.0541. The van der Waals surface area contributed by atoms with E-state index in [1.54, 1.807) is 0 Å². The molecule has 3 aliphatic carbocycles. The number of carbonyl (C=O) groups is 1. The fourth-order valence-corrected chi connectivity index (χ4v) is 7.99. The van der Waals surface area contributed by atoms with Crippen LogP contribution in [-0.2, 0) is 14.8 Å². The van der Waals surface area contributed by atoms with Crippen LogP contribution in [0.5, 0.6) is 0 Å². The summed E-state index contributed by atoms with van der Waals surface area (Å²) in [6.45, 7) is 6.47. The molecule has 4 rings (SSSR count). The highest BCUT2D eigenvalue weighted by molar-refractivity contribution is 7.90. The average molecular weight is 297 g/mol. The molecule has 4 aliphatic rings. The Balaban J connectivity index is 1.77. The minimum absolute atomic E-state index is 0.0397. The first-order valence-corrected chi connectivity index (χ1v) is 9.37. The molecule has 0 aromatic heterocycles. The number of hydrogen-bond donors (Lipinski definition) is 0. The number of rotatable bonds is 1. The molecule has 1 saturated heterocycles. The van der Waals surface area contributed by atoms with Crippen molar-refractivity contribution in [1.29, 1.82) is 0 Å². The molecule has 2 bridgehead atoms. The lowest BCUT2D eigenvalue weighted by atomic mass is 9.69. The van der Waals surface area contributed by atoms with Crippen molar-refractivity contribution >= 4 is 15.9 Å². The Bertz CT molecular complexity index is 596. The predicted molar refractivity (Wildman–Crippen MR) is 75.2 cm³/mol. The van der Waals surface area contributed by atoms with Crippen LogP contribution in [0.4, 0.5) is 0 Å². The van der Waals surface area contributed by atoms with Crippen molar-refractivity contribution in [3.63, 3.8) is 0 Å². The third-order valence-electron chi connectivity index (χ3n) is 7.06. The summed E-state index contributed by atoms with van der Waals surface area (Å²) in [6.07, 6.45) is 3.84. The van der Waals surface area contributed by atoms with Crippen LogP contribution in [-0.4, -0.2) is 30.4 Å². The standard InChI is InChI=1S/C15H23NO3S/c1-9-6-11(9)13(17)16-12-7-10-4-5-15(12,14(10,2)3)8-20(16,18)19/h9-12H,4-8H2,1-3H3/t9-,10-,11+,12-,15-/m1/s1. The van der Waals surface area contributed by atoms with Crippen LogP contribution in [0.2, 0.25) is 0 Å². The van der Waals surface area contributed by atoms with E-state index >= 15 is 0 Å². The molecule has 0 radical (unpaired) electrons. The van der Waals surface area contributed by atoms with Gasteiger partial charge >= 0.3 is 0 Å². The number of hydrogen-bond acceptors (Lipinski definition) is 3. The molecule has 1 amide bonds. The van der Waals surface area contributed by atoms with Crippen LogP contribution in [0, 0.1) is 28.6 Å². The zero-order valence-corrected chi connectivity index (χ0v) is 13.2. The van der Waals surface area contributed by atoms with E-state index < -0.39 is 10.0 Å². The van der Waals surface area contributed by atoms with E-state index in [4.69, 9.17) is 0 Å². The molecule has 1 heterocycles. The van der Waals surface area contributed by atoms with E-state index in [1.165, 1.54) is 4.31 Å². The lowest BCUT2D eigenvalue weighted by molar-refractivity contribution is -0.130. The Morgan fingerprint density at radius 3 is 2.45 bits per heavy atom. The van der Waals surface area contributed by atoms with Gasteiger partial charge in [-0.15, -0.1) is 0 Å². The van der Waals surface area contributed by atoms with Crippen LogP contribution in [0.1, 0.15) is 46.5 Å². The van der Waals surface area contributed by atoms with Gasteiger partial charge in [0.25, 0.3) is 0 Å². The van der Waals surface area contributed by atoms with Gasteiger partial charge in [-0.25, -0.2) is 12.7 Å². The van der Waals surface area contributed by atoms with Crippen molar-refractivity contribution < 1.29 is 13.2 Å². The largest absolute Gasteiger partial charge is 0.273 e. The Morgan fingerprint density at radius 2 is 1.90 bits per heavy atom. The summed E-state index contributed by atoms with van der Waals surface area (Å²) < 4.78 is 26.6. The predicted octanol–water partition coefficient (Wildman–Crippen LogP) is 2.01. The van der Waals surface area contributed by atoms with E-state index in [-0.39, 0.29) is 34.4 Å². The molecular formula is C15H23NO3S. The monoisotopic (exact) mass is 297 g/mol. The van der Waals surface area contributed by atoms with E-state index in [0.717, 1.165) is 25.7 Å². The maximum Gasteiger partial charge on any atom is 0.239 e. The molecule has 5 heteroatoms. The van der Waals surface area contributed by atoms with Crippen molar-refractivity contribution in [3.05, 3.63) is 0 Å². The second-order valence-corrected chi connectivity index (χ2v) is 9.92. The first kappa shape index (κ1) is 13.1. The van der Waals surface area contributed by atoms with E-state index in [0.29, 0.717) is 11.8 Å². The summed E-state index contributed by atoms with van der Waals surface area (Å²) in [5.74, 6) is 0.988. The quantitative estimate of drug-likeness (QED) is 0.744. The molecule has 0 unspecified atom stereocenters. The maximum atomic E-state index is 12.6. The Morgan fingerprint density at radius 1 is 1.25 bits per heavy atom. The molecule has 112 valence electrons.